The van der Waals surface area contributed by atoms with Gasteiger partial charge in [-0.25, -0.2) is 0 Å². The summed E-state index contributed by atoms with van der Waals surface area (Å²) >= 11 is 0. The topological polar surface area (TPSA) is 50.4 Å². The minimum atomic E-state index is -0.228. The fraction of sp³-hybridized carbons (Fsp3) is 0.312. The number of benzene rings is 1. The van der Waals surface area contributed by atoms with E-state index in [1.165, 1.54) is 6.26 Å². The van der Waals surface area contributed by atoms with Crippen molar-refractivity contribution in [3.8, 4) is 5.75 Å². The van der Waals surface area contributed by atoms with Crippen LogP contribution in [0.15, 0.2) is 34.9 Å². The van der Waals surface area contributed by atoms with E-state index in [4.69, 9.17) is 4.42 Å². The molecule has 0 bridgehead atoms. The summed E-state index contributed by atoms with van der Waals surface area (Å²) in [6.07, 6.45) is 1.48. The lowest BCUT2D eigenvalue weighted by Crippen LogP contribution is -2.13. The maximum absolute atomic E-state index is 12.3. The van der Waals surface area contributed by atoms with Crippen molar-refractivity contribution in [2.45, 2.75) is 33.1 Å². The van der Waals surface area contributed by atoms with Gasteiger partial charge in [-0.05, 0) is 42.2 Å². The van der Waals surface area contributed by atoms with Gasteiger partial charge in [-0.2, -0.15) is 0 Å². The molecular formula is C16H18O3. The van der Waals surface area contributed by atoms with Crippen LogP contribution in [0.2, 0.25) is 0 Å². The molecule has 1 aromatic heterocycles. The summed E-state index contributed by atoms with van der Waals surface area (Å²) in [5, 5.41) is 10.1. The quantitative estimate of drug-likeness (QED) is 0.833. The first-order valence-corrected chi connectivity index (χ1v) is 6.23. The van der Waals surface area contributed by atoms with Crippen LogP contribution in [-0.2, 0) is 5.41 Å². The van der Waals surface area contributed by atoms with E-state index >= 15 is 0 Å². The van der Waals surface area contributed by atoms with Crippen molar-refractivity contribution >= 4 is 5.78 Å². The Labute approximate surface area is 112 Å². The van der Waals surface area contributed by atoms with Gasteiger partial charge in [0.25, 0.3) is 0 Å². The summed E-state index contributed by atoms with van der Waals surface area (Å²) in [5.74, 6) is 0.395. The zero-order valence-corrected chi connectivity index (χ0v) is 11.7. The van der Waals surface area contributed by atoms with E-state index in [0.29, 0.717) is 16.9 Å². The molecule has 1 N–H and O–H groups in total. The van der Waals surface area contributed by atoms with Crippen molar-refractivity contribution in [1.82, 2.24) is 0 Å². The van der Waals surface area contributed by atoms with E-state index in [-0.39, 0.29) is 16.9 Å². The molecule has 0 aliphatic carbocycles. The summed E-state index contributed by atoms with van der Waals surface area (Å²) < 4.78 is 5.13. The second kappa shape index (κ2) is 4.57. The number of furan rings is 1. The van der Waals surface area contributed by atoms with Gasteiger partial charge in [0.1, 0.15) is 5.75 Å². The molecular weight excluding hydrogens is 240 g/mol. The lowest BCUT2D eigenvalue weighted by Gasteiger charge is -2.22. The number of aryl methyl sites for hydroxylation is 1. The molecule has 0 fully saturated rings. The van der Waals surface area contributed by atoms with Crippen molar-refractivity contribution in [2.24, 2.45) is 0 Å². The van der Waals surface area contributed by atoms with Gasteiger partial charge in [0.2, 0.25) is 5.78 Å². The number of hydrogen-bond acceptors (Lipinski definition) is 3. The number of ketones is 1. The zero-order valence-electron chi connectivity index (χ0n) is 11.7. The second-order valence-corrected chi connectivity index (χ2v) is 5.75. The van der Waals surface area contributed by atoms with Crippen molar-refractivity contribution < 1.29 is 14.3 Å². The molecule has 0 aliphatic rings. The van der Waals surface area contributed by atoms with E-state index in [9.17, 15) is 9.90 Å². The number of phenols is 1. The molecule has 0 saturated carbocycles. The highest BCUT2D eigenvalue weighted by Gasteiger charge is 2.22. The molecule has 0 spiro atoms. The summed E-state index contributed by atoms with van der Waals surface area (Å²) in [6.45, 7) is 7.80. The van der Waals surface area contributed by atoms with Crippen LogP contribution in [0.1, 0.15) is 48.0 Å². The van der Waals surface area contributed by atoms with Crippen LogP contribution in [0.3, 0.4) is 0 Å². The number of carbonyl (C=O) groups is 1. The third-order valence-electron chi connectivity index (χ3n) is 3.12. The largest absolute Gasteiger partial charge is 0.507 e. The summed E-state index contributed by atoms with van der Waals surface area (Å²) in [6, 6.07) is 6.76. The third-order valence-corrected chi connectivity index (χ3v) is 3.12. The summed E-state index contributed by atoms with van der Waals surface area (Å²) in [4.78, 5) is 12.3. The Morgan fingerprint density at radius 2 is 1.95 bits per heavy atom. The van der Waals surface area contributed by atoms with E-state index in [2.05, 4.69) is 0 Å². The van der Waals surface area contributed by atoms with Crippen molar-refractivity contribution in [1.29, 1.82) is 0 Å². The van der Waals surface area contributed by atoms with Crippen LogP contribution in [0.25, 0.3) is 0 Å². The molecule has 2 aromatic rings. The Morgan fingerprint density at radius 3 is 2.47 bits per heavy atom. The highest BCUT2D eigenvalue weighted by molar-refractivity contribution is 6.07. The van der Waals surface area contributed by atoms with Gasteiger partial charge < -0.3 is 9.52 Å². The van der Waals surface area contributed by atoms with Gasteiger partial charge in [0, 0.05) is 11.1 Å². The molecule has 19 heavy (non-hydrogen) atoms. The first-order valence-electron chi connectivity index (χ1n) is 6.23. The molecule has 3 nitrogen and oxygen atoms in total. The van der Waals surface area contributed by atoms with Gasteiger partial charge in [-0.1, -0.05) is 20.8 Å². The highest BCUT2D eigenvalue weighted by Crippen LogP contribution is 2.34. The Bertz CT molecular complexity index is 602. The minimum Gasteiger partial charge on any atom is -0.507 e. The number of carbonyl (C=O) groups excluding carboxylic acids is 1. The first kappa shape index (κ1) is 13.4. The van der Waals surface area contributed by atoms with Crippen LogP contribution in [0, 0.1) is 6.92 Å². The van der Waals surface area contributed by atoms with Crippen LogP contribution in [-0.4, -0.2) is 10.9 Å². The maximum atomic E-state index is 12.3. The molecule has 100 valence electrons. The Hall–Kier alpha value is -2.03. The number of phenolic OH excluding ortho intramolecular Hbond substituents is 1. The lowest BCUT2D eigenvalue weighted by atomic mass is 9.83. The maximum Gasteiger partial charge on any atom is 0.228 e. The summed E-state index contributed by atoms with van der Waals surface area (Å²) in [7, 11) is 0. The fourth-order valence-corrected chi connectivity index (χ4v) is 2.03. The monoisotopic (exact) mass is 258 g/mol. The van der Waals surface area contributed by atoms with Crippen LogP contribution in [0.4, 0.5) is 0 Å². The van der Waals surface area contributed by atoms with Gasteiger partial charge in [0.05, 0.1) is 6.26 Å². The molecule has 3 heteroatoms. The standard InChI is InChI=1S/C16H18O3/c1-10-8-11(15(18)13-6-5-7-19-13)9-12(14(10)17)16(2,3)4/h5-9,17H,1-4H3. The third kappa shape index (κ3) is 2.55. The van der Waals surface area contributed by atoms with E-state index in [0.717, 1.165) is 5.56 Å². The van der Waals surface area contributed by atoms with Crippen LogP contribution >= 0.6 is 0 Å². The molecule has 1 heterocycles. The normalized spacial score (nSPS) is 11.6. The average molecular weight is 258 g/mol. The number of aromatic hydroxyl groups is 1. The zero-order chi connectivity index (χ0) is 14.2. The number of rotatable bonds is 2. The molecule has 1 aromatic carbocycles. The molecule has 2 rings (SSSR count). The SMILES string of the molecule is Cc1cc(C(=O)c2ccco2)cc(C(C)(C)C)c1O. The first-order chi connectivity index (χ1) is 8.80. The Kier molecular flexibility index (Phi) is 3.23. The highest BCUT2D eigenvalue weighted by atomic mass is 16.3. The van der Waals surface area contributed by atoms with Crippen molar-refractivity contribution in [3.05, 3.63) is 53.0 Å². The lowest BCUT2D eigenvalue weighted by molar-refractivity contribution is 0.101. The van der Waals surface area contributed by atoms with Gasteiger partial charge in [-0.15, -0.1) is 0 Å². The van der Waals surface area contributed by atoms with Crippen LogP contribution < -0.4 is 0 Å². The average Bonchev–Trinajstić information content (AvgIpc) is 2.83. The van der Waals surface area contributed by atoms with Crippen molar-refractivity contribution in [3.63, 3.8) is 0 Å². The second-order valence-electron chi connectivity index (χ2n) is 5.75. The minimum absolute atomic E-state index is 0.168. The van der Waals surface area contributed by atoms with E-state index in [1.54, 1.807) is 31.2 Å². The van der Waals surface area contributed by atoms with E-state index < -0.39 is 0 Å². The molecule has 0 saturated heterocycles. The van der Waals surface area contributed by atoms with Gasteiger partial charge in [-0.3, -0.25) is 4.79 Å². The van der Waals surface area contributed by atoms with Gasteiger partial charge in [0.15, 0.2) is 5.76 Å². The molecule has 0 amide bonds. The smallest absolute Gasteiger partial charge is 0.228 e. The van der Waals surface area contributed by atoms with Crippen molar-refractivity contribution in [2.75, 3.05) is 0 Å². The molecule has 0 aliphatic heterocycles. The summed E-state index contributed by atoms with van der Waals surface area (Å²) in [5.41, 5.74) is 1.77. The van der Waals surface area contributed by atoms with Gasteiger partial charge >= 0.3 is 0 Å². The predicted octanol–water partition coefficient (Wildman–Crippen LogP) is 3.82. The fourth-order valence-electron chi connectivity index (χ4n) is 2.03. The predicted molar refractivity (Wildman–Crippen MR) is 73.7 cm³/mol. The Balaban J connectivity index is 2.55. The van der Waals surface area contributed by atoms with E-state index in [1.807, 2.05) is 20.8 Å². The number of hydrogen-bond donors (Lipinski definition) is 1. The molecule has 0 radical (unpaired) electrons. The Morgan fingerprint density at radius 1 is 1.26 bits per heavy atom. The van der Waals surface area contributed by atoms with Crippen LogP contribution in [0.5, 0.6) is 5.75 Å². The molecule has 0 atom stereocenters. The molecule has 0 unspecified atom stereocenters.